The van der Waals surface area contributed by atoms with Gasteiger partial charge in [0.05, 0.1) is 17.4 Å². The number of allylic oxidation sites excluding steroid dienone is 1. The van der Waals surface area contributed by atoms with Crippen molar-refractivity contribution in [3.8, 4) is 0 Å². The largest absolute Gasteiger partial charge is 0.308 e. The van der Waals surface area contributed by atoms with Crippen molar-refractivity contribution in [1.29, 1.82) is 0 Å². The molecule has 162 valence electrons. The number of nitrogens with zero attached hydrogens (tertiary/aromatic N) is 2. The van der Waals surface area contributed by atoms with Gasteiger partial charge in [0.2, 0.25) is 0 Å². The molecule has 0 saturated heterocycles. The van der Waals surface area contributed by atoms with Gasteiger partial charge in [0.25, 0.3) is 0 Å². The Morgan fingerprint density at radius 1 is 0.879 bits per heavy atom. The number of benzene rings is 3. The Hall–Kier alpha value is -3.01. The number of thioether (sulfide) groups is 1. The first-order valence-corrected chi connectivity index (χ1v) is 12.6. The van der Waals surface area contributed by atoms with Gasteiger partial charge in [0.1, 0.15) is 0 Å². The molecule has 0 radical (unpaired) electrons. The summed E-state index contributed by atoms with van der Waals surface area (Å²) in [5.41, 5.74) is 8.84. The van der Waals surface area contributed by atoms with Crippen LogP contribution in [0.4, 0.5) is 0 Å². The van der Waals surface area contributed by atoms with Crippen molar-refractivity contribution >= 4 is 40.3 Å². The summed E-state index contributed by atoms with van der Waals surface area (Å²) in [6.07, 6.45) is 5.59. The molecule has 3 aliphatic rings. The van der Waals surface area contributed by atoms with E-state index in [-0.39, 0.29) is 6.04 Å². The lowest BCUT2D eigenvalue weighted by Gasteiger charge is -2.40. The number of rotatable bonds is 3. The summed E-state index contributed by atoms with van der Waals surface area (Å²) in [6.45, 7) is 0. The average molecular weight is 467 g/mol. The highest BCUT2D eigenvalue weighted by molar-refractivity contribution is 8.16. The van der Waals surface area contributed by atoms with E-state index in [1.165, 1.54) is 33.7 Å². The molecule has 0 amide bonds. The second kappa shape index (κ2) is 8.74. The zero-order chi connectivity index (χ0) is 22.2. The second-order valence-electron chi connectivity index (χ2n) is 8.51. The van der Waals surface area contributed by atoms with E-state index in [1.54, 1.807) is 11.8 Å². The summed E-state index contributed by atoms with van der Waals surface area (Å²) >= 11 is 7.89. The topological polar surface area (TPSA) is 15.6 Å². The molecule has 0 N–H and O–H groups in total. The Bertz CT molecular complexity index is 1300. The molecule has 0 spiro atoms. The zero-order valence-corrected chi connectivity index (χ0v) is 19.7. The molecule has 3 aromatic carbocycles. The molecule has 0 saturated carbocycles. The van der Waals surface area contributed by atoms with Crippen LogP contribution < -0.4 is 0 Å². The van der Waals surface area contributed by atoms with Crippen LogP contribution >= 0.6 is 23.4 Å². The monoisotopic (exact) mass is 466 g/mol. The van der Waals surface area contributed by atoms with Crippen molar-refractivity contribution in [2.24, 2.45) is 4.99 Å². The molecular formula is C29H23ClN2S. The third kappa shape index (κ3) is 3.86. The minimum absolute atomic E-state index is 0.144. The highest BCUT2D eigenvalue weighted by Crippen LogP contribution is 2.51. The molecule has 1 atom stereocenters. The molecule has 4 heteroatoms. The number of hydrogen-bond acceptors (Lipinski definition) is 3. The first kappa shape index (κ1) is 20.6. The lowest BCUT2D eigenvalue weighted by molar-refractivity contribution is 0.458. The molecule has 0 aromatic heterocycles. The molecule has 0 bridgehead atoms. The smallest absolute Gasteiger partial charge is 0.174 e. The van der Waals surface area contributed by atoms with Gasteiger partial charge in [-0.25, -0.2) is 4.99 Å². The third-order valence-electron chi connectivity index (χ3n) is 6.43. The average Bonchev–Trinajstić information content (AvgIpc) is 3.28. The Kier molecular flexibility index (Phi) is 5.45. The van der Waals surface area contributed by atoms with Crippen LogP contribution in [0.25, 0.3) is 11.8 Å². The van der Waals surface area contributed by atoms with Gasteiger partial charge in [-0.2, -0.15) is 0 Å². The van der Waals surface area contributed by atoms with Gasteiger partial charge < -0.3 is 4.90 Å². The molecule has 2 heterocycles. The minimum atomic E-state index is 0.144. The van der Waals surface area contributed by atoms with Gasteiger partial charge in [-0.3, -0.25) is 0 Å². The summed E-state index contributed by atoms with van der Waals surface area (Å²) < 4.78 is 0. The number of hydrogen-bond donors (Lipinski definition) is 0. The van der Waals surface area contributed by atoms with E-state index in [2.05, 4.69) is 89.2 Å². The summed E-state index contributed by atoms with van der Waals surface area (Å²) in [5.74, 6) is 0. The Morgan fingerprint density at radius 2 is 1.61 bits per heavy atom. The van der Waals surface area contributed by atoms with Gasteiger partial charge in [-0.1, -0.05) is 96.2 Å². The second-order valence-corrected chi connectivity index (χ2v) is 9.79. The van der Waals surface area contributed by atoms with Gasteiger partial charge in [0.15, 0.2) is 5.17 Å². The van der Waals surface area contributed by atoms with Crippen LogP contribution in [0.15, 0.2) is 112 Å². The molecule has 6 rings (SSSR count). The van der Waals surface area contributed by atoms with Crippen LogP contribution in [0, 0.1) is 0 Å². The fraction of sp³-hybridized carbons (Fsp3) is 0.138. The quantitative estimate of drug-likeness (QED) is 0.385. The maximum atomic E-state index is 6.18. The Balaban J connectivity index is 1.49. The Morgan fingerprint density at radius 3 is 2.36 bits per heavy atom. The summed E-state index contributed by atoms with van der Waals surface area (Å²) in [5, 5.41) is 4.04. The SMILES string of the molecule is Clc1ccc(C2=CSC3=NC4=C(CCC/C4=C\c4ccccc4)[C@H](c4ccccc4)N23)cc1. The van der Waals surface area contributed by atoms with E-state index < -0.39 is 0 Å². The third-order valence-corrected chi connectivity index (χ3v) is 7.53. The zero-order valence-electron chi connectivity index (χ0n) is 18.1. The molecule has 0 unspecified atom stereocenters. The maximum Gasteiger partial charge on any atom is 0.174 e. The van der Waals surface area contributed by atoms with Crippen LogP contribution in [0.1, 0.15) is 42.0 Å². The van der Waals surface area contributed by atoms with Crippen LogP contribution in [0.2, 0.25) is 5.02 Å². The fourth-order valence-corrected chi connectivity index (χ4v) is 5.99. The highest BCUT2D eigenvalue weighted by atomic mass is 35.5. The summed E-state index contributed by atoms with van der Waals surface area (Å²) in [4.78, 5) is 7.68. The normalized spacial score (nSPS) is 20.9. The van der Waals surface area contributed by atoms with Crippen molar-refractivity contribution in [3.63, 3.8) is 0 Å². The van der Waals surface area contributed by atoms with E-state index in [1.807, 2.05) is 12.1 Å². The van der Waals surface area contributed by atoms with E-state index >= 15 is 0 Å². The fourth-order valence-electron chi connectivity index (χ4n) is 4.93. The number of halogens is 1. The van der Waals surface area contributed by atoms with Crippen LogP contribution in [0.5, 0.6) is 0 Å². The first-order valence-electron chi connectivity index (χ1n) is 11.3. The van der Waals surface area contributed by atoms with E-state index in [9.17, 15) is 0 Å². The van der Waals surface area contributed by atoms with E-state index in [0.717, 1.165) is 35.0 Å². The molecule has 2 nitrogen and oxygen atoms in total. The molecule has 2 aliphatic heterocycles. The minimum Gasteiger partial charge on any atom is -0.308 e. The number of fused-ring (bicyclic) bond motifs is 1. The van der Waals surface area contributed by atoms with Crippen LogP contribution in [0.3, 0.4) is 0 Å². The summed E-state index contributed by atoms with van der Waals surface area (Å²) in [6, 6.07) is 29.7. The lowest BCUT2D eigenvalue weighted by Crippen LogP contribution is -2.34. The molecule has 1 aliphatic carbocycles. The number of aliphatic imine (C=N–C) groups is 1. The number of amidine groups is 1. The van der Waals surface area contributed by atoms with Gasteiger partial charge in [0, 0.05) is 10.4 Å². The van der Waals surface area contributed by atoms with Crippen molar-refractivity contribution in [1.82, 2.24) is 4.90 Å². The molecule has 0 fully saturated rings. The molecule has 3 aromatic rings. The predicted molar refractivity (Wildman–Crippen MR) is 141 cm³/mol. The summed E-state index contributed by atoms with van der Waals surface area (Å²) in [7, 11) is 0. The van der Waals surface area contributed by atoms with Crippen LogP contribution in [-0.4, -0.2) is 10.1 Å². The maximum absolute atomic E-state index is 6.18. The predicted octanol–water partition coefficient (Wildman–Crippen LogP) is 8.32. The van der Waals surface area contributed by atoms with E-state index in [0.29, 0.717) is 0 Å². The highest BCUT2D eigenvalue weighted by Gasteiger charge is 2.40. The Labute approximate surface area is 204 Å². The van der Waals surface area contributed by atoms with Gasteiger partial charge in [-0.05, 0) is 65.3 Å². The lowest BCUT2D eigenvalue weighted by atomic mass is 9.83. The molecular weight excluding hydrogens is 444 g/mol. The van der Waals surface area contributed by atoms with Crippen LogP contribution in [-0.2, 0) is 0 Å². The van der Waals surface area contributed by atoms with Crippen molar-refractivity contribution in [2.75, 3.05) is 0 Å². The molecule has 33 heavy (non-hydrogen) atoms. The van der Waals surface area contributed by atoms with Crippen molar-refractivity contribution < 1.29 is 0 Å². The van der Waals surface area contributed by atoms with E-state index in [4.69, 9.17) is 16.6 Å². The standard InChI is InChI=1S/C29H23ClN2S/c30-24-16-14-21(15-17-24)26-19-33-29-31-27-23(18-20-8-3-1-4-9-20)12-7-13-25(27)28(32(26)29)22-10-5-2-6-11-22/h1-6,8-11,14-19,28H,7,12-13H2/b23-18+/t28-/m0/s1. The van der Waals surface area contributed by atoms with Gasteiger partial charge in [-0.15, -0.1) is 0 Å². The van der Waals surface area contributed by atoms with Gasteiger partial charge >= 0.3 is 0 Å². The van der Waals surface area contributed by atoms with Crippen molar-refractivity contribution in [3.05, 3.63) is 129 Å². The first-order chi connectivity index (χ1) is 16.3. The van der Waals surface area contributed by atoms with Crippen molar-refractivity contribution in [2.45, 2.75) is 25.3 Å².